The molecule has 0 aromatic carbocycles. The summed E-state index contributed by atoms with van der Waals surface area (Å²) in [5.41, 5.74) is 0. The second kappa shape index (κ2) is 7.86. The zero-order chi connectivity index (χ0) is 9.40. The smallest absolute Gasteiger partial charge is 0.0899 e. The second-order valence-corrected chi connectivity index (χ2v) is 3.40. The Bertz CT molecular complexity index is 103. The molecule has 0 aliphatic carbocycles. The van der Waals surface area contributed by atoms with Crippen LogP contribution in [0.1, 0.15) is 6.42 Å². The Balaban J connectivity index is 3.33. The van der Waals surface area contributed by atoms with Crippen molar-refractivity contribution >= 4 is 12.6 Å². The van der Waals surface area contributed by atoms with E-state index in [9.17, 15) is 5.11 Å². The summed E-state index contributed by atoms with van der Waals surface area (Å²) < 4.78 is 4.82. The fourth-order valence-electron chi connectivity index (χ4n) is 1.04. The van der Waals surface area contributed by atoms with Crippen LogP contribution in [0.2, 0.25) is 0 Å². The van der Waals surface area contributed by atoms with E-state index in [4.69, 9.17) is 4.74 Å². The molecule has 4 heteroatoms. The molecule has 74 valence electrons. The SMILES string of the molecule is COCC(O)CN(C)CCCS. The van der Waals surface area contributed by atoms with E-state index < -0.39 is 0 Å². The summed E-state index contributed by atoms with van der Waals surface area (Å²) in [7, 11) is 3.58. The summed E-state index contributed by atoms with van der Waals surface area (Å²) in [4.78, 5) is 2.08. The molecule has 0 bridgehead atoms. The van der Waals surface area contributed by atoms with Crippen LogP contribution in [0, 0.1) is 0 Å². The maximum Gasteiger partial charge on any atom is 0.0899 e. The number of thiol groups is 1. The molecule has 1 unspecified atom stereocenters. The minimum absolute atomic E-state index is 0.375. The average Bonchev–Trinajstić information content (AvgIpc) is 2.01. The predicted octanol–water partition coefficient (Wildman–Crippen LogP) is 0.245. The lowest BCUT2D eigenvalue weighted by Crippen LogP contribution is -2.32. The Morgan fingerprint density at radius 2 is 2.25 bits per heavy atom. The number of nitrogens with zero attached hydrogens (tertiary/aromatic N) is 1. The van der Waals surface area contributed by atoms with Gasteiger partial charge < -0.3 is 14.7 Å². The lowest BCUT2D eigenvalue weighted by atomic mass is 10.3. The Hall–Kier alpha value is 0.230. The maximum absolute atomic E-state index is 9.33. The molecule has 0 rings (SSSR count). The van der Waals surface area contributed by atoms with Crippen LogP contribution in [0.15, 0.2) is 0 Å². The highest BCUT2D eigenvalue weighted by Gasteiger charge is 2.06. The standard InChI is InChI=1S/C8H19NO2S/c1-9(4-3-5-12)6-8(10)7-11-2/h8,10,12H,3-7H2,1-2H3. The average molecular weight is 193 g/mol. The quantitative estimate of drug-likeness (QED) is 0.568. The molecule has 1 atom stereocenters. The topological polar surface area (TPSA) is 32.7 Å². The van der Waals surface area contributed by atoms with Gasteiger partial charge in [0.1, 0.15) is 0 Å². The van der Waals surface area contributed by atoms with Gasteiger partial charge in [-0.05, 0) is 25.8 Å². The van der Waals surface area contributed by atoms with Gasteiger partial charge in [-0.1, -0.05) is 0 Å². The number of likely N-dealkylation sites (N-methyl/N-ethyl adjacent to an activating group) is 1. The van der Waals surface area contributed by atoms with Gasteiger partial charge in [-0.2, -0.15) is 12.6 Å². The van der Waals surface area contributed by atoms with Gasteiger partial charge in [-0.15, -0.1) is 0 Å². The van der Waals surface area contributed by atoms with Crippen molar-refractivity contribution in [2.75, 3.05) is 39.6 Å². The molecule has 0 aromatic heterocycles. The van der Waals surface area contributed by atoms with E-state index in [-0.39, 0.29) is 6.10 Å². The van der Waals surface area contributed by atoms with Crippen molar-refractivity contribution in [3.05, 3.63) is 0 Å². The van der Waals surface area contributed by atoms with Gasteiger partial charge in [-0.25, -0.2) is 0 Å². The van der Waals surface area contributed by atoms with Crippen LogP contribution in [0.25, 0.3) is 0 Å². The zero-order valence-electron chi connectivity index (χ0n) is 7.86. The minimum atomic E-state index is -0.375. The molecule has 0 saturated heterocycles. The van der Waals surface area contributed by atoms with Crippen molar-refractivity contribution in [1.29, 1.82) is 0 Å². The summed E-state index contributed by atoms with van der Waals surface area (Å²) in [6, 6.07) is 0. The Labute approximate surface area is 80.1 Å². The Morgan fingerprint density at radius 3 is 2.75 bits per heavy atom. The van der Waals surface area contributed by atoms with Crippen LogP contribution in [-0.2, 0) is 4.74 Å². The molecule has 0 aliphatic rings. The van der Waals surface area contributed by atoms with Gasteiger partial charge in [0.05, 0.1) is 12.7 Å². The number of hydrogen-bond acceptors (Lipinski definition) is 4. The van der Waals surface area contributed by atoms with Crippen LogP contribution in [0.5, 0.6) is 0 Å². The van der Waals surface area contributed by atoms with Crippen molar-refractivity contribution < 1.29 is 9.84 Å². The Morgan fingerprint density at radius 1 is 1.58 bits per heavy atom. The summed E-state index contributed by atoms with van der Waals surface area (Å²) in [5.74, 6) is 0.894. The first-order valence-corrected chi connectivity index (χ1v) is 4.80. The van der Waals surface area contributed by atoms with Crippen LogP contribution in [-0.4, -0.2) is 55.7 Å². The lowest BCUT2D eigenvalue weighted by molar-refractivity contribution is 0.0434. The van der Waals surface area contributed by atoms with Crippen molar-refractivity contribution in [2.24, 2.45) is 0 Å². The van der Waals surface area contributed by atoms with Crippen molar-refractivity contribution in [2.45, 2.75) is 12.5 Å². The molecular weight excluding hydrogens is 174 g/mol. The van der Waals surface area contributed by atoms with Gasteiger partial charge >= 0.3 is 0 Å². The molecule has 0 amide bonds. The Kier molecular flexibility index (Phi) is 8.01. The van der Waals surface area contributed by atoms with E-state index >= 15 is 0 Å². The summed E-state index contributed by atoms with van der Waals surface area (Å²) in [6.45, 7) is 2.05. The van der Waals surface area contributed by atoms with E-state index in [1.54, 1.807) is 7.11 Å². The third kappa shape index (κ3) is 6.91. The van der Waals surface area contributed by atoms with E-state index in [0.717, 1.165) is 18.7 Å². The molecule has 0 heterocycles. The largest absolute Gasteiger partial charge is 0.389 e. The number of hydrogen-bond donors (Lipinski definition) is 2. The number of rotatable bonds is 7. The summed E-state index contributed by atoms with van der Waals surface area (Å²) >= 11 is 4.11. The van der Waals surface area contributed by atoms with E-state index in [0.29, 0.717) is 13.2 Å². The van der Waals surface area contributed by atoms with Crippen LogP contribution in [0.3, 0.4) is 0 Å². The van der Waals surface area contributed by atoms with Gasteiger partial charge in [0.2, 0.25) is 0 Å². The van der Waals surface area contributed by atoms with Crippen LogP contribution >= 0.6 is 12.6 Å². The van der Waals surface area contributed by atoms with Crippen LogP contribution < -0.4 is 0 Å². The fraction of sp³-hybridized carbons (Fsp3) is 1.00. The first-order valence-electron chi connectivity index (χ1n) is 4.17. The van der Waals surface area contributed by atoms with E-state index in [1.165, 1.54) is 0 Å². The predicted molar refractivity (Wildman–Crippen MR) is 53.8 cm³/mol. The van der Waals surface area contributed by atoms with Crippen molar-refractivity contribution in [3.63, 3.8) is 0 Å². The highest BCUT2D eigenvalue weighted by Crippen LogP contribution is 1.93. The second-order valence-electron chi connectivity index (χ2n) is 2.95. The van der Waals surface area contributed by atoms with E-state index in [1.807, 2.05) is 7.05 Å². The molecule has 3 nitrogen and oxygen atoms in total. The number of methoxy groups -OCH3 is 1. The van der Waals surface area contributed by atoms with E-state index in [2.05, 4.69) is 17.5 Å². The molecule has 0 aliphatic heterocycles. The monoisotopic (exact) mass is 193 g/mol. The highest BCUT2D eigenvalue weighted by molar-refractivity contribution is 7.80. The van der Waals surface area contributed by atoms with Gasteiger partial charge in [0, 0.05) is 13.7 Å². The first-order chi connectivity index (χ1) is 5.70. The first kappa shape index (κ1) is 12.2. The molecule has 0 spiro atoms. The molecule has 1 N–H and O–H groups in total. The maximum atomic E-state index is 9.33. The number of aliphatic hydroxyl groups excluding tert-OH is 1. The van der Waals surface area contributed by atoms with Crippen molar-refractivity contribution in [3.8, 4) is 0 Å². The van der Waals surface area contributed by atoms with Gasteiger partial charge in [0.15, 0.2) is 0 Å². The van der Waals surface area contributed by atoms with Crippen molar-refractivity contribution in [1.82, 2.24) is 4.90 Å². The number of ether oxygens (including phenoxy) is 1. The van der Waals surface area contributed by atoms with Gasteiger partial charge in [-0.3, -0.25) is 0 Å². The molecule has 0 aromatic rings. The molecule has 12 heavy (non-hydrogen) atoms. The lowest BCUT2D eigenvalue weighted by Gasteiger charge is -2.19. The van der Waals surface area contributed by atoms with Crippen LogP contribution in [0.4, 0.5) is 0 Å². The summed E-state index contributed by atoms with van der Waals surface area (Å²) in [6.07, 6.45) is 0.680. The molecule has 0 saturated carbocycles. The summed E-state index contributed by atoms with van der Waals surface area (Å²) in [5, 5.41) is 9.33. The minimum Gasteiger partial charge on any atom is -0.389 e. The molecule has 0 radical (unpaired) electrons. The molecule has 0 fully saturated rings. The third-order valence-corrected chi connectivity index (χ3v) is 1.90. The van der Waals surface area contributed by atoms with Gasteiger partial charge in [0.25, 0.3) is 0 Å². The highest BCUT2D eigenvalue weighted by atomic mass is 32.1. The third-order valence-electron chi connectivity index (χ3n) is 1.58. The molecular formula is C8H19NO2S. The normalized spacial score (nSPS) is 13.8. The number of aliphatic hydroxyl groups is 1. The fourth-order valence-corrected chi connectivity index (χ4v) is 1.18. The zero-order valence-corrected chi connectivity index (χ0v) is 8.76.